The SMILES string of the molecule is O=S(=O)(Nc1ccc(Oc2cc(-n3cccn3)ncn2)cc1)c1ccc(I)cc1. The quantitative estimate of drug-likeness (QED) is 0.389. The first-order chi connectivity index (χ1) is 14.0. The third kappa shape index (κ3) is 4.71. The monoisotopic (exact) mass is 519 g/mol. The van der Waals surface area contributed by atoms with Gasteiger partial charge in [-0.15, -0.1) is 0 Å². The fourth-order valence-corrected chi connectivity index (χ4v) is 3.87. The minimum absolute atomic E-state index is 0.199. The summed E-state index contributed by atoms with van der Waals surface area (Å²) in [5.41, 5.74) is 0.427. The number of anilines is 1. The Morgan fingerprint density at radius 3 is 2.45 bits per heavy atom. The molecule has 4 rings (SSSR count). The molecule has 0 spiro atoms. The second-order valence-corrected chi connectivity index (χ2v) is 8.78. The summed E-state index contributed by atoms with van der Waals surface area (Å²) in [7, 11) is -3.66. The Bertz CT molecular complexity index is 1210. The van der Waals surface area contributed by atoms with Crippen LogP contribution in [0.2, 0.25) is 0 Å². The van der Waals surface area contributed by atoms with Gasteiger partial charge in [0.15, 0.2) is 5.82 Å². The van der Waals surface area contributed by atoms with E-state index in [4.69, 9.17) is 4.74 Å². The zero-order valence-electron chi connectivity index (χ0n) is 14.8. The van der Waals surface area contributed by atoms with E-state index in [0.29, 0.717) is 23.1 Å². The zero-order valence-corrected chi connectivity index (χ0v) is 17.8. The van der Waals surface area contributed by atoms with Crippen LogP contribution in [-0.2, 0) is 10.0 Å². The Balaban J connectivity index is 1.47. The minimum atomic E-state index is -3.66. The topological polar surface area (TPSA) is 99.0 Å². The molecule has 0 aliphatic heterocycles. The van der Waals surface area contributed by atoms with Crippen LogP contribution in [0.1, 0.15) is 0 Å². The summed E-state index contributed by atoms with van der Waals surface area (Å²) in [4.78, 5) is 8.43. The molecule has 10 heteroatoms. The maximum Gasteiger partial charge on any atom is 0.261 e. The molecule has 2 heterocycles. The summed E-state index contributed by atoms with van der Waals surface area (Å²) in [5.74, 6) is 1.42. The summed E-state index contributed by atoms with van der Waals surface area (Å²) in [6, 6.07) is 16.6. The number of hydrogen-bond donors (Lipinski definition) is 1. The predicted molar refractivity (Wildman–Crippen MR) is 116 cm³/mol. The van der Waals surface area contributed by atoms with Crippen molar-refractivity contribution in [2.75, 3.05) is 4.72 Å². The van der Waals surface area contributed by atoms with Crippen molar-refractivity contribution < 1.29 is 13.2 Å². The molecule has 0 saturated carbocycles. The molecule has 146 valence electrons. The Kier molecular flexibility index (Phi) is 5.45. The van der Waals surface area contributed by atoms with Crippen LogP contribution in [0.3, 0.4) is 0 Å². The highest BCUT2D eigenvalue weighted by atomic mass is 127. The first-order valence-corrected chi connectivity index (χ1v) is 10.9. The number of nitrogens with zero attached hydrogens (tertiary/aromatic N) is 4. The van der Waals surface area contributed by atoms with Crippen LogP contribution in [0, 0.1) is 3.57 Å². The summed E-state index contributed by atoms with van der Waals surface area (Å²) in [5, 5.41) is 4.12. The smallest absolute Gasteiger partial charge is 0.261 e. The van der Waals surface area contributed by atoms with Gasteiger partial charge in [-0.25, -0.2) is 23.1 Å². The third-order valence-electron chi connectivity index (χ3n) is 3.82. The molecular formula is C19H14IN5O3S. The first-order valence-electron chi connectivity index (χ1n) is 8.38. The lowest BCUT2D eigenvalue weighted by Gasteiger charge is -2.10. The highest BCUT2D eigenvalue weighted by Crippen LogP contribution is 2.24. The molecule has 29 heavy (non-hydrogen) atoms. The van der Waals surface area contributed by atoms with E-state index in [2.05, 4.69) is 42.4 Å². The normalized spacial score (nSPS) is 11.2. The zero-order chi connectivity index (χ0) is 20.3. The summed E-state index contributed by atoms with van der Waals surface area (Å²) in [6.07, 6.45) is 4.80. The molecule has 0 radical (unpaired) electrons. The molecule has 0 saturated heterocycles. The fraction of sp³-hybridized carbons (Fsp3) is 0. The summed E-state index contributed by atoms with van der Waals surface area (Å²) < 4.78 is 35.8. The van der Waals surface area contributed by atoms with Gasteiger partial charge in [0.05, 0.1) is 4.90 Å². The number of sulfonamides is 1. The number of rotatable bonds is 6. The maximum atomic E-state index is 12.5. The van der Waals surface area contributed by atoms with Crippen LogP contribution >= 0.6 is 22.6 Å². The second kappa shape index (κ2) is 8.17. The van der Waals surface area contributed by atoms with Crippen molar-refractivity contribution in [3.05, 3.63) is 83.0 Å². The number of hydrogen-bond acceptors (Lipinski definition) is 6. The number of benzene rings is 2. The Hall–Kier alpha value is -2.99. The lowest BCUT2D eigenvalue weighted by atomic mass is 10.3. The maximum absolute atomic E-state index is 12.5. The van der Waals surface area contributed by atoms with Gasteiger partial charge in [-0.05, 0) is 77.2 Å². The highest BCUT2D eigenvalue weighted by Gasteiger charge is 2.14. The lowest BCUT2D eigenvalue weighted by molar-refractivity contribution is 0.460. The van der Waals surface area contributed by atoms with Gasteiger partial charge < -0.3 is 4.74 Å². The third-order valence-corrected chi connectivity index (χ3v) is 5.94. The molecule has 0 unspecified atom stereocenters. The van der Waals surface area contributed by atoms with E-state index in [0.717, 1.165) is 3.57 Å². The van der Waals surface area contributed by atoms with Crippen molar-refractivity contribution >= 4 is 38.3 Å². The average Bonchev–Trinajstić information content (AvgIpc) is 3.25. The van der Waals surface area contributed by atoms with E-state index in [1.807, 2.05) is 0 Å². The van der Waals surface area contributed by atoms with Gasteiger partial charge in [-0.1, -0.05) is 0 Å². The van der Waals surface area contributed by atoms with Crippen molar-refractivity contribution in [2.45, 2.75) is 4.90 Å². The van der Waals surface area contributed by atoms with E-state index < -0.39 is 10.0 Å². The van der Waals surface area contributed by atoms with Gasteiger partial charge in [0, 0.05) is 27.7 Å². The largest absolute Gasteiger partial charge is 0.439 e. The van der Waals surface area contributed by atoms with Crippen molar-refractivity contribution in [3.8, 4) is 17.4 Å². The number of nitrogens with one attached hydrogen (secondary N) is 1. The van der Waals surface area contributed by atoms with Gasteiger partial charge in [0.2, 0.25) is 5.88 Å². The summed E-state index contributed by atoms with van der Waals surface area (Å²) >= 11 is 2.12. The standard InChI is InChI=1S/C19H14IN5O3S/c20-14-2-8-17(9-3-14)29(26,27)24-15-4-6-16(7-5-15)28-19-12-18(21-13-22-19)25-11-1-10-23-25/h1-13,24H. The van der Waals surface area contributed by atoms with Gasteiger partial charge in [0.1, 0.15) is 12.1 Å². The van der Waals surface area contributed by atoms with Crippen molar-refractivity contribution in [3.63, 3.8) is 0 Å². The number of halogens is 1. The fourth-order valence-electron chi connectivity index (χ4n) is 2.45. The van der Waals surface area contributed by atoms with Crippen molar-refractivity contribution in [1.82, 2.24) is 19.7 Å². The Labute approximate surface area is 180 Å². The average molecular weight is 519 g/mol. The van der Waals surface area contributed by atoms with Crippen molar-refractivity contribution in [1.29, 1.82) is 0 Å². The van der Waals surface area contributed by atoms with Crippen LogP contribution in [-0.4, -0.2) is 28.2 Å². The van der Waals surface area contributed by atoms with E-state index >= 15 is 0 Å². The molecule has 2 aromatic heterocycles. The second-order valence-electron chi connectivity index (χ2n) is 5.85. The van der Waals surface area contributed by atoms with Gasteiger partial charge in [-0.3, -0.25) is 4.72 Å². The molecule has 0 amide bonds. The molecular weight excluding hydrogens is 505 g/mol. The van der Waals surface area contributed by atoms with Crippen LogP contribution in [0.4, 0.5) is 5.69 Å². The molecule has 0 fully saturated rings. The van der Waals surface area contributed by atoms with Gasteiger partial charge in [-0.2, -0.15) is 5.10 Å². The van der Waals surface area contributed by atoms with Crippen molar-refractivity contribution in [2.24, 2.45) is 0 Å². The van der Waals surface area contributed by atoms with Crippen LogP contribution in [0.5, 0.6) is 11.6 Å². The van der Waals surface area contributed by atoms with E-state index in [1.54, 1.807) is 77.7 Å². The van der Waals surface area contributed by atoms with E-state index in [-0.39, 0.29) is 4.90 Å². The predicted octanol–water partition coefficient (Wildman–Crippen LogP) is 3.86. The Morgan fingerprint density at radius 2 is 1.76 bits per heavy atom. The number of aromatic nitrogens is 4. The summed E-state index contributed by atoms with van der Waals surface area (Å²) in [6.45, 7) is 0. The molecule has 2 aromatic carbocycles. The number of ether oxygens (including phenoxy) is 1. The van der Waals surface area contributed by atoms with Crippen LogP contribution < -0.4 is 9.46 Å². The lowest BCUT2D eigenvalue weighted by Crippen LogP contribution is -2.12. The first kappa shape index (κ1) is 19.3. The highest BCUT2D eigenvalue weighted by molar-refractivity contribution is 14.1. The van der Waals surface area contributed by atoms with Crippen LogP contribution in [0.15, 0.2) is 84.3 Å². The van der Waals surface area contributed by atoms with Gasteiger partial charge in [0.25, 0.3) is 10.0 Å². The van der Waals surface area contributed by atoms with E-state index in [1.165, 1.54) is 6.33 Å². The van der Waals surface area contributed by atoms with Gasteiger partial charge >= 0.3 is 0 Å². The molecule has 8 nitrogen and oxygen atoms in total. The molecule has 4 aromatic rings. The minimum Gasteiger partial charge on any atom is -0.439 e. The van der Waals surface area contributed by atoms with Crippen LogP contribution in [0.25, 0.3) is 5.82 Å². The molecule has 0 atom stereocenters. The molecule has 0 aliphatic carbocycles. The van der Waals surface area contributed by atoms with E-state index in [9.17, 15) is 8.42 Å². The molecule has 0 aliphatic rings. The molecule has 1 N–H and O–H groups in total. The Morgan fingerprint density at radius 1 is 1.00 bits per heavy atom. The molecule has 0 bridgehead atoms.